The highest BCUT2D eigenvalue weighted by atomic mass is 79.9. The molecule has 0 aliphatic carbocycles. The molecule has 5 nitrogen and oxygen atoms in total. The van der Waals surface area contributed by atoms with Gasteiger partial charge in [0.15, 0.2) is 0 Å². The SMILES string of the molecule is O[C@H]1CCOC[C@@H]1n1nnc2cc(Br)ccc21. The van der Waals surface area contributed by atoms with E-state index >= 15 is 0 Å². The van der Waals surface area contributed by atoms with Crippen LogP contribution in [0, 0.1) is 0 Å². The first-order valence-corrected chi connectivity index (χ1v) is 6.31. The van der Waals surface area contributed by atoms with Crippen molar-refractivity contribution in [1.82, 2.24) is 15.0 Å². The molecule has 1 aliphatic rings. The average Bonchev–Trinajstić information content (AvgIpc) is 2.72. The number of nitrogens with zero attached hydrogens (tertiary/aromatic N) is 3. The van der Waals surface area contributed by atoms with Gasteiger partial charge in [-0.3, -0.25) is 0 Å². The maximum atomic E-state index is 9.98. The Labute approximate surface area is 107 Å². The number of aliphatic hydroxyl groups excluding tert-OH is 1. The number of aliphatic hydroxyl groups is 1. The van der Waals surface area contributed by atoms with Crippen LogP contribution in [-0.2, 0) is 4.74 Å². The third-order valence-electron chi connectivity index (χ3n) is 3.04. The summed E-state index contributed by atoms with van der Waals surface area (Å²) in [5.74, 6) is 0. The molecule has 1 aromatic heterocycles. The van der Waals surface area contributed by atoms with E-state index in [0.717, 1.165) is 15.5 Å². The topological polar surface area (TPSA) is 60.2 Å². The van der Waals surface area contributed by atoms with Gasteiger partial charge in [-0.2, -0.15) is 0 Å². The lowest BCUT2D eigenvalue weighted by Crippen LogP contribution is -2.34. The standard InChI is InChI=1S/C11H12BrN3O2/c12-7-1-2-9-8(5-7)13-14-15(9)10-6-17-4-3-11(10)16/h1-2,5,10-11,16H,3-4,6H2/t10-,11-/m0/s1. The fourth-order valence-corrected chi connectivity index (χ4v) is 2.45. The summed E-state index contributed by atoms with van der Waals surface area (Å²) in [5, 5.41) is 18.2. The van der Waals surface area contributed by atoms with E-state index in [2.05, 4.69) is 26.2 Å². The van der Waals surface area contributed by atoms with E-state index in [0.29, 0.717) is 19.6 Å². The molecular formula is C11H12BrN3O2. The second kappa shape index (κ2) is 4.36. The van der Waals surface area contributed by atoms with Crippen molar-refractivity contribution in [3.8, 4) is 0 Å². The van der Waals surface area contributed by atoms with Crippen LogP contribution < -0.4 is 0 Å². The van der Waals surface area contributed by atoms with E-state index in [9.17, 15) is 5.11 Å². The minimum absolute atomic E-state index is 0.144. The van der Waals surface area contributed by atoms with Crippen LogP contribution in [0.25, 0.3) is 11.0 Å². The van der Waals surface area contributed by atoms with Gasteiger partial charge in [0.2, 0.25) is 0 Å². The quantitative estimate of drug-likeness (QED) is 0.867. The van der Waals surface area contributed by atoms with Crippen LogP contribution in [0.2, 0.25) is 0 Å². The minimum atomic E-state index is -0.419. The van der Waals surface area contributed by atoms with Gasteiger partial charge in [0.05, 0.1) is 18.2 Å². The summed E-state index contributed by atoms with van der Waals surface area (Å²) in [6, 6.07) is 5.66. The fourth-order valence-electron chi connectivity index (χ4n) is 2.11. The third kappa shape index (κ3) is 1.96. The molecule has 1 fully saturated rings. The summed E-state index contributed by atoms with van der Waals surface area (Å²) in [7, 11) is 0. The van der Waals surface area contributed by atoms with Gasteiger partial charge in [-0.05, 0) is 24.6 Å². The Balaban J connectivity index is 2.05. The first-order chi connectivity index (χ1) is 8.25. The van der Waals surface area contributed by atoms with Crippen molar-refractivity contribution in [2.45, 2.75) is 18.6 Å². The first kappa shape index (κ1) is 11.1. The Morgan fingerprint density at radius 2 is 2.35 bits per heavy atom. The molecule has 0 bridgehead atoms. The Morgan fingerprint density at radius 1 is 1.47 bits per heavy atom. The molecule has 0 radical (unpaired) electrons. The van der Waals surface area contributed by atoms with Gasteiger partial charge in [0, 0.05) is 11.1 Å². The normalized spacial score (nSPS) is 25.3. The van der Waals surface area contributed by atoms with Gasteiger partial charge in [-0.15, -0.1) is 5.10 Å². The van der Waals surface area contributed by atoms with Crippen LogP contribution in [0.5, 0.6) is 0 Å². The molecular weight excluding hydrogens is 286 g/mol. The van der Waals surface area contributed by atoms with Gasteiger partial charge < -0.3 is 9.84 Å². The predicted octanol–water partition coefficient (Wildman–Crippen LogP) is 1.52. The lowest BCUT2D eigenvalue weighted by Gasteiger charge is -2.27. The molecule has 1 aromatic carbocycles. The van der Waals surface area contributed by atoms with Crippen LogP contribution in [0.4, 0.5) is 0 Å². The molecule has 2 aromatic rings. The van der Waals surface area contributed by atoms with Crippen LogP contribution in [0.15, 0.2) is 22.7 Å². The van der Waals surface area contributed by atoms with Crippen molar-refractivity contribution in [2.24, 2.45) is 0 Å². The molecule has 1 saturated heterocycles. The predicted molar refractivity (Wildman–Crippen MR) is 65.7 cm³/mol. The smallest absolute Gasteiger partial charge is 0.114 e. The van der Waals surface area contributed by atoms with Crippen LogP contribution in [0.1, 0.15) is 12.5 Å². The Hall–Kier alpha value is -0.980. The lowest BCUT2D eigenvalue weighted by molar-refractivity contribution is -0.0320. The van der Waals surface area contributed by atoms with Crippen LogP contribution in [0.3, 0.4) is 0 Å². The van der Waals surface area contributed by atoms with E-state index in [4.69, 9.17) is 4.74 Å². The maximum absolute atomic E-state index is 9.98. The number of rotatable bonds is 1. The second-order valence-electron chi connectivity index (χ2n) is 4.17. The Morgan fingerprint density at radius 3 is 3.18 bits per heavy atom. The van der Waals surface area contributed by atoms with E-state index in [1.54, 1.807) is 4.68 Å². The average molecular weight is 298 g/mol. The van der Waals surface area contributed by atoms with Crippen LogP contribution in [-0.4, -0.2) is 39.4 Å². The Kier molecular flexibility index (Phi) is 2.85. The molecule has 0 saturated carbocycles. The van der Waals surface area contributed by atoms with Crippen molar-refractivity contribution in [3.63, 3.8) is 0 Å². The van der Waals surface area contributed by atoms with Crippen molar-refractivity contribution < 1.29 is 9.84 Å². The van der Waals surface area contributed by atoms with Crippen molar-refractivity contribution in [3.05, 3.63) is 22.7 Å². The minimum Gasteiger partial charge on any atom is -0.391 e. The summed E-state index contributed by atoms with van der Waals surface area (Å²) in [6.45, 7) is 1.09. The second-order valence-corrected chi connectivity index (χ2v) is 5.08. The first-order valence-electron chi connectivity index (χ1n) is 5.52. The molecule has 1 N–H and O–H groups in total. The molecule has 3 rings (SSSR count). The van der Waals surface area contributed by atoms with Gasteiger partial charge in [-0.25, -0.2) is 4.68 Å². The number of hydrogen-bond donors (Lipinski definition) is 1. The number of ether oxygens (including phenoxy) is 1. The van der Waals surface area contributed by atoms with Crippen LogP contribution >= 0.6 is 15.9 Å². The molecule has 0 amide bonds. The summed E-state index contributed by atoms with van der Waals surface area (Å²) in [6.07, 6.45) is 0.222. The number of aromatic nitrogens is 3. The van der Waals surface area contributed by atoms with Crippen molar-refractivity contribution in [2.75, 3.05) is 13.2 Å². The zero-order valence-electron chi connectivity index (χ0n) is 9.08. The molecule has 2 heterocycles. The molecule has 1 aliphatic heterocycles. The molecule has 2 atom stereocenters. The Bertz CT molecular complexity index is 542. The molecule has 0 spiro atoms. The molecule has 17 heavy (non-hydrogen) atoms. The summed E-state index contributed by atoms with van der Waals surface area (Å²) >= 11 is 3.40. The van der Waals surface area contributed by atoms with Crippen molar-refractivity contribution >= 4 is 27.0 Å². The van der Waals surface area contributed by atoms with E-state index in [1.807, 2.05) is 18.2 Å². The highest BCUT2D eigenvalue weighted by molar-refractivity contribution is 9.10. The number of fused-ring (bicyclic) bond motifs is 1. The highest BCUT2D eigenvalue weighted by Crippen LogP contribution is 2.25. The number of halogens is 1. The zero-order valence-corrected chi connectivity index (χ0v) is 10.7. The van der Waals surface area contributed by atoms with E-state index in [-0.39, 0.29) is 6.04 Å². The highest BCUT2D eigenvalue weighted by Gasteiger charge is 2.27. The third-order valence-corrected chi connectivity index (χ3v) is 3.53. The summed E-state index contributed by atoms with van der Waals surface area (Å²) in [5.41, 5.74) is 1.74. The zero-order chi connectivity index (χ0) is 11.8. The van der Waals surface area contributed by atoms with Crippen molar-refractivity contribution in [1.29, 1.82) is 0 Å². The van der Waals surface area contributed by atoms with E-state index in [1.165, 1.54) is 0 Å². The summed E-state index contributed by atoms with van der Waals surface area (Å²) < 4.78 is 8.12. The maximum Gasteiger partial charge on any atom is 0.114 e. The van der Waals surface area contributed by atoms with Gasteiger partial charge >= 0.3 is 0 Å². The van der Waals surface area contributed by atoms with E-state index < -0.39 is 6.10 Å². The largest absolute Gasteiger partial charge is 0.391 e. The summed E-state index contributed by atoms with van der Waals surface area (Å²) in [4.78, 5) is 0. The molecule has 6 heteroatoms. The molecule has 90 valence electrons. The fraction of sp³-hybridized carbons (Fsp3) is 0.455. The monoisotopic (exact) mass is 297 g/mol. The molecule has 0 unspecified atom stereocenters. The number of benzene rings is 1. The van der Waals surface area contributed by atoms with Gasteiger partial charge in [0.25, 0.3) is 0 Å². The number of hydrogen-bond acceptors (Lipinski definition) is 4. The van der Waals surface area contributed by atoms with Gasteiger partial charge in [0.1, 0.15) is 11.6 Å². The lowest BCUT2D eigenvalue weighted by atomic mass is 10.1. The van der Waals surface area contributed by atoms with Gasteiger partial charge in [-0.1, -0.05) is 21.1 Å².